The number of phenols is 1. The van der Waals surface area contributed by atoms with Crippen molar-refractivity contribution in [1.82, 2.24) is 0 Å². The molecule has 3 N–H and O–H groups in total. The summed E-state index contributed by atoms with van der Waals surface area (Å²) < 4.78 is 5.02. The minimum atomic E-state index is -1.33. The van der Waals surface area contributed by atoms with Crippen LogP contribution in [0.1, 0.15) is 11.1 Å². The van der Waals surface area contributed by atoms with Gasteiger partial charge >= 0.3 is 11.9 Å². The summed E-state index contributed by atoms with van der Waals surface area (Å²) in [6.45, 7) is 0. The number of aliphatic hydroxyl groups is 1. The van der Waals surface area contributed by atoms with Gasteiger partial charge in [0.15, 0.2) is 11.5 Å². The zero-order valence-corrected chi connectivity index (χ0v) is 12.3. The molecule has 0 saturated carbocycles. The second-order valence-electron chi connectivity index (χ2n) is 5.04. The number of phenolic OH excluding ortho intramolecular Hbond substituents is 1. The Bertz CT molecular complexity index is 875. The number of esters is 1. The molecule has 0 atom stereocenters. The Morgan fingerprint density at radius 1 is 0.917 bits per heavy atom. The van der Waals surface area contributed by atoms with E-state index in [9.17, 15) is 24.9 Å². The van der Waals surface area contributed by atoms with Crippen molar-refractivity contribution < 1.29 is 29.6 Å². The summed E-state index contributed by atoms with van der Waals surface area (Å²) >= 11 is 0. The molecule has 2 aromatic carbocycles. The van der Waals surface area contributed by atoms with Crippen molar-refractivity contribution in [2.24, 2.45) is 0 Å². The first-order valence-corrected chi connectivity index (χ1v) is 6.97. The predicted molar refractivity (Wildman–Crippen MR) is 84.7 cm³/mol. The number of cyclic esters (lactones) is 1. The highest BCUT2D eigenvalue weighted by Crippen LogP contribution is 2.36. The van der Waals surface area contributed by atoms with Crippen molar-refractivity contribution in [1.29, 1.82) is 0 Å². The number of hydrogen-bond donors (Lipinski definition) is 3. The summed E-state index contributed by atoms with van der Waals surface area (Å²) in [5, 5.41) is 29.2. The van der Waals surface area contributed by atoms with Crippen molar-refractivity contribution in [2.45, 2.75) is 0 Å². The highest BCUT2D eigenvalue weighted by atomic mass is 16.6. The summed E-state index contributed by atoms with van der Waals surface area (Å²) in [7, 11) is 0. The van der Waals surface area contributed by atoms with Crippen LogP contribution in [0.3, 0.4) is 0 Å². The zero-order valence-electron chi connectivity index (χ0n) is 12.3. The summed E-state index contributed by atoms with van der Waals surface area (Å²) in [6, 6.07) is 13.6. The van der Waals surface area contributed by atoms with E-state index in [2.05, 4.69) is 0 Å². The fourth-order valence-corrected chi connectivity index (χ4v) is 2.41. The van der Waals surface area contributed by atoms with Crippen molar-refractivity contribution in [3.63, 3.8) is 0 Å². The second-order valence-corrected chi connectivity index (χ2v) is 5.04. The monoisotopic (exact) mass is 324 g/mol. The van der Waals surface area contributed by atoms with Gasteiger partial charge in [-0.1, -0.05) is 42.5 Å². The lowest BCUT2D eigenvalue weighted by Crippen LogP contribution is -2.06. The minimum Gasteiger partial charge on any atom is -0.508 e. The van der Waals surface area contributed by atoms with Crippen LogP contribution in [0.15, 0.2) is 66.1 Å². The van der Waals surface area contributed by atoms with Crippen LogP contribution in [-0.4, -0.2) is 27.3 Å². The molecule has 0 spiro atoms. The number of carboxylic acid groups (broad SMARTS) is 1. The van der Waals surface area contributed by atoms with Crippen LogP contribution in [0.5, 0.6) is 5.75 Å². The maximum absolute atomic E-state index is 12.1. The summed E-state index contributed by atoms with van der Waals surface area (Å²) in [5.74, 6) is -3.14. The van der Waals surface area contributed by atoms with Gasteiger partial charge in [0.2, 0.25) is 0 Å². The van der Waals surface area contributed by atoms with Gasteiger partial charge in [0.25, 0.3) is 0 Å². The van der Waals surface area contributed by atoms with E-state index in [0.717, 1.165) is 0 Å². The molecule has 3 rings (SSSR count). The molecular weight excluding hydrogens is 312 g/mol. The highest BCUT2D eigenvalue weighted by molar-refractivity contribution is 6.25. The quantitative estimate of drug-likeness (QED) is 0.592. The average molecular weight is 324 g/mol. The molecule has 0 saturated heterocycles. The largest absolute Gasteiger partial charge is 0.508 e. The van der Waals surface area contributed by atoms with Gasteiger partial charge in [-0.05, 0) is 23.3 Å². The lowest BCUT2D eigenvalue weighted by atomic mass is 10.0. The number of aromatic hydroxyl groups is 1. The molecule has 0 bridgehead atoms. The lowest BCUT2D eigenvalue weighted by Gasteiger charge is -2.06. The minimum absolute atomic E-state index is 0.00326. The van der Waals surface area contributed by atoms with E-state index < -0.39 is 23.5 Å². The van der Waals surface area contributed by atoms with Crippen molar-refractivity contribution in [3.8, 4) is 5.75 Å². The van der Waals surface area contributed by atoms with Gasteiger partial charge in [0.1, 0.15) is 16.9 Å². The third-order valence-electron chi connectivity index (χ3n) is 3.51. The van der Waals surface area contributed by atoms with E-state index in [0.29, 0.717) is 11.1 Å². The molecule has 24 heavy (non-hydrogen) atoms. The molecule has 120 valence electrons. The molecule has 0 radical (unpaired) electrons. The normalized spacial score (nSPS) is 16.1. The molecule has 0 aromatic heterocycles. The van der Waals surface area contributed by atoms with Crippen LogP contribution in [0.4, 0.5) is 0 Å². The van der Waals surface area contributed by atoms with Crippen LogP contribution in [0.2, 0.25) is 0 Å². The second kappa shape index (κ2) is 5.92. The maximum atomic E-state index is 12.1. The molecule has 6 nitrogen and oxygen atoms in total. The number of carbonyl (C=O) groups is 2. The third-order valence-corrected chi connectivity index (χ3v) is 3.51. The van der Waals surface area contributed by atoms with Gasteiger partial charge in [0, 0.05) is 0 Å². The summed E-state index contributed by atoms with van der Waals surface area (Å²) in [4.78, 5) is 23.7. The number of carboxylic acids is 1. The van der Waals surface area contributed by atoms with Crippen LogP contribution < -0.4 is 0 Å². The fourth-order valence-electron chi connectivity index (χ4n) is 2.41. The van der Waals surface area contributed by atoms with Gasteiger partial charge in [-0.3, -0.25) is 0 Å². The highest BCUT2D eigenvalue weighted by Gasteiger charge is 2.35. The molecule has 2 aromatic rings. The predicted octanol–water partition coefficient (Wildman–Crippen LogP) is 2.71. The Labute approximate surface area is 136 Å². The Morgan fingerprint density at radius 3 is 2.12 bits per heavy atom. The molecule has 1 aliphatic heterocycles. The molecule has 0 unspecified atom stereocenters. The Hall–Kier alpha value is -3.54. The van der Waals surface area contributed by atoms with E-state index >= 15 is 0 Å². The van der Waals surface area contributed by atoms with Crippen molar-refractivity contribution >= 4 is 23.1 Å². The Kier molecular flexibility index (Phi) is 3.79. The number of hydrogen-bond acceptors (Lipinski definition) is 5. The number of benzene rings is 2. The van der Waals surface area contributed by atoms with E-state index in [1.165, 1.54) is 36.4 Å². The first-order chi connectivity index (χ1) is 11.5. The SMILES string of the molecule is O=C1O/C(=C(/C(=O)O)c2ccccc2)C(O)=C1c1ccc(O)cc1. The maximum Gasteiger partial charge on any atom is 0.348 e. The number of rotatable bonds is 3. The van der Waals surface area contributed by atoms with E-state index in [1.807, 2.05) is 0 Å². The van der Waals surface area contributed by atoms with Gasteiger partial charge in [0.05, 0.1) is 0 Å². The van der Waals surface area contributed by atoms with Gasteiger partial charge in [-0.2, -0.15) is 0 Å². The summed E-state index contributed by atoms with van der Waals surface area (Å²) in [6.07, 6.45) is 0. The van der Waals surface area contributed by atoms with E-state index in [4.69, 9.17) is 4.74 Å². The molecule has 1 aliphatic rings. The van der Waals surface area contributed by atoms with Crippen LogP contribution in [0, 0.1) is 0 Å². The number of aliphatic carboxylic acids is 1. The Balaban J connectivity index is 2.19. The van der Waals surface area contributed by atoms with Crippen molar-refractivity contribution in [2.75, 3.05) is 0 Å². The molecule has 0 aliphatic carbocycles. The molecule has 0 amide bonds. The van der Waals surface area contributed by atoms with Crippen LogP contribution in [-0.2, 0) is 14.3 Å². The van der Waals surface area contributed by atoms with Crippen molar-refractivity contribution in [3.05, 3.63) is 77.2 Å². The topological polar surface area (TPSA) is 104 Å². The smallest absolute Gasteiger partial charge is 0.348 e. The zero-order chi connectivity index (χ0) is 17.3. The fraction of sp³-hybridized carbons (Fsp3) is 0. The van der Waals surface area contributed by atoms with Gasteiger partial charge in [-0.15, -0.1) is 0 Å². The lowest BCUT2D eigenvalue weighted by molar-refractivity contribution is -0.131. The number of carbonyl (C=O) groups excluding carboxylic acids is 1. The number of ether oxygens (including phenoxy) is 1. The first-order valence-electron chi connectivity index (χ1n) is 6.97. The number of aliphatic hydroxyl groups excluding tert-OH is 1. The van der Waals surface area contributed by atoms with Gasteiger partial charge in [-0.25, -0.2) is 9.59 Å². The molecular formula is C18H12O6. The Morgan fingerprint density at radius 2 is 1.54 bits per heavy atom. The standard InChI is InChI=1S/C18H12O6/c19-12-8-6-11(7-9-12)13-15(20)16(24-18(13)23)14(17(21)22)10-4-2-1-3-5-10/h1-9,19-20H,(H,21,22)/b16-14+. The average Bonchev–Trinajstić information content (AvgIpc) is 2.84. The van der Waals surface area contributed by atoms with E-state index in [-0.39, 0.29) is 16.9 Å². The van der Waals surface area contributed by atoms with Crippen LogP contribution in [0.25, 0.3) is 11.1 Å². The van der Waals surface area contributed by atoms with Gasteiger partial charge < -0.3 is 20.1 Å². The summed E-state index contributed by atoms with van der Waals surface area (Å²) in [5.41, 5.74) is 0.143. The molecule has 0 fully saturated rings. The molecule has 6 heteroatoms. The molecule has 1 heterocycles. The first kappa shape index (κ1) is 15.4. The third kappa shape index (κ3) is 2.61. The van der Waals surface area contributed by atoms with E-state index in [1.54, 1.807) is 18.2 Å². The van der Waals surface area contributed by atoms with Crippen LogP contribution >= 0.6 is 0 Å².